The van der Waals surface area contributed by atoms with E-state index in [1.165, 1.54) is 0 Å². The fourth-order valence-electron chi connectivity index (χ4n) is 1.92. The second-order valence-corrected chi connectivity index (χ2v) is 4.16. The first-order chi connectivity index (χ1) is 6.53. The lowest BCUT2D eigenvalue weighted by atomic mass is 10.1. The standard InChI is InChI=1S/C10H16O4/c1-4-5-6-7(11)8-9(12-6)14-10(2,3)13-8/h4,6-9,11H,1,5H2,2-3H3. The van der Waals surface area contributed by atoms with Crippen molar-refractivity contribution in [1.29, 1.82) is 0 Å². The molecule has 0 radical (unpaired) electrons. The van der Waals surface area contributed by atoms with Crippen LogP contribution in [0.15, 0.2) is 12.7 Å². The molecular formula is C10H16O4. The van der Waals surface area contributed by atoms with E-state index in [4.69, 9.17) is 14.2 Å². The van der Waals surface area contributed by atoms with Crippen LogP contribution in [0.1, 0.15) is 20.3 Å². The molecule has 0 aromatic carbocycles. The van der Waals surface area contributed by atoms with E-state index in [9.17, 15) is 5.11 Å². The van der Waals surface area contributed by atoms with Gasteiger partial charge in [0.25, 0.3) is 0 Å². The molecule has 14 heavy (non-hydrogen) atoms. The van der Waals surface area contributed by atoms with Crippen molar-refractivity contribution in [3.05, 3.63) is 12.7 Å². The second-order valence-electron chi connectivity index (χ2n) is 4.16. The number of hydrogen-bond acceptors (Lipinski definition) is 4. The third-order valence-electron chi connectivity index (χ3n) is 2.51. The zero-order valence-electron chi connectivity index (χ0n) is 8.47. The molecule has 4 nitrogen and oxygen atoms in total. The minimum absolute atomic E-state index is 0.251. The third-order valence-corrected chi connectivity index (χ3v) is 2.51. The van der Waals surface area contributed by atoms with Crippen molar-refractivity contribution < 1.29 is 19.3 Å². The Morgan fingerprint density at radius 2 is 2.14 bits per heavy atom. The molecule has 0 saturated carbocycles. The average molecular weight is 200 g/mol. The molecule has 2 aliphatic heterocycles. The molecule has 0 aromatic rings. The summed E-state index contributed by atoms with van der Waals surface area (Å²) in [6.45, 7) is 7.23. The Balaban J connectivity index is 2.04. The van der Waals surface area contributed by atoms with Crippen molar-refractivity contribution in [2.24, 2.45) is 0 Å². The van der Waals surface area contributed by atoms with Crippen LogP contribution >= 0.6 is 0 Å². The summed E-state index contributed by atoms with van der Waals surface area (Å²) >= 11 is 0. The summed E-state index contributed by atoms with van der Waals surface area (Å²) in [5.74, 6) is -0.657. The van der Waals surface area contributed by atoms with Crippen molar-refractivity contribution in [2.45, 2.75) is 50.7 Å². The highest BCUT2D eigenvalue weighted by Gasteiger charge is 2.53. The van der Waals surface area contributed by atoms with Crippen LogP contribution in [-0.4, -0.2) is 35.5 Å². The Labute approximate surface area is 83.5 Å². The minimum atomic E-state index is -0.657. The first-order valence-electron chi connectivity index (χ1n) is 4.83. The lowest BCUT2D eigenvalue weighted by molar-refractivity contribution is -0.214. The van der Waals surface area contributed by atoms with Gasteiger partial charge in [0.1, 0.15) is 12.2 Å². The van der Waals surface area contributed by atoms with Gasteiger partial charge >= 0.3 is 0 Å². The van der Waals surface area contributed by atoms with E-state index in [-0.39, 0.29) is 12.2 Å². The summed E-state index contributed by atoms with van der Waals surface area (Å²) in [6.07, 6.45) is 0.653. The first kappa shape index (κ1) is 10.1. The van der Waals surface area contributed by atoms with Gasteiger partial charge in [-0.05, 0) is 20.3 Å². The van der Waals surface area contributed by atoms with Gasteiger partial charge in [-0.25, -0.2) is 0 Å². The molecule has 2 saturated heterocycles. The van der Waals surface area contributed by atoms with Crippen LogP contribution in [0.5, 0.6) is 0 Å². The molecule has 80 valence electrons. The molecule has 1 N–H and O–H groups in total. The molecule has 2 aliphatic rings. The lowest BCUT2D eigenvalue weighted by Gasteiger charge is -2.22. The van der Waals surface area contributed by atoms with Gasteiger partial charge in [-0.15, -0.1) is 6.58 Å². The molecule has 0 bridgehead atoms. The minimum Gasteiger partial charge on any atom is -0.387 e. The normalized spacial score (nSPS) is 45.1. The monoisotopic (exact) mass is 200 g/mol. The van der Waals surface area contributed by atoms with Crippen LogP contribution in [0, 0.1) is 0 Å². The van der Waals surface area contributed by atoms with Crippen molar-refractivity contribution >= 4 is 0 Å². The van der Waals surface area contributed by atoms with E-state index in [0.29, 0.717) is 6.42 Å². The molecule has 0 amide bonds. The maximum absolute atomic E-state index is 9.84. The summed E-state index contributed by atoms with van der Waals surface area (Å²) in [6, 6.07) is 0. The van der Waals surface area contributed by atoms with E-state index < -0.39 is 18.2 Å². The van der Waals surface area contributed by atoms with E-state index in [0.717, 1.165) is 0 Å². The summed E-state index contributed by atoms with van der Waals surface area (Å²) in [7, 11) is 0. The van der Waals surface area contributed by atoms with Crippen molar-refractivity contribution in [3.8, 4) is 0 Å². The van der Waals surface area contributed by atoms with Crippen LogP contribution in [0.3, 0.4) is 0 Å². The van der Waals surface area contributed by atoms with Crippen molar-refractivity contribution in [1.82, 2.24) is 0 Å². The second kappa shape index (κ2) is 3.31. The highest BCUT2D eigenvalue weighted by Crippen LogP contribution is 2.38. The number of rotatable bonds is 2. The van der Waals surface area contributed by atoms with Gasteiger partial charge < -0.3 is 19.3 Å². The molecule has 2 fully saturated rings. The predicted octanol–water partition coefficient (Wildman–Crippen LogP) is 0.800. The maximum Gasteiger partial charge on any atom is 0.190 e. The molecule has 0 aromatic heterocycles. The molecule has 4 unspecified atom stereocenters. The van der Waals surface area contributed by atoms with Crippen LogP contribution in [-0.2, 0) is 14.2 Å². The van der Waals surface area contributed by atoms with Crippen molar-refractivity contribution in [3.63, 3.8) is 0 Å². The quantitative estimate of drug-likeness (QED) is 0.670. The Kier molecular flexibility index (Phi) is 2.39. The lowest BCUT2D eigenvalue weighted by Crippen LogP contribution is -2.34. The highest BCUT2D eigenvalue weighted by molar-refractivity contribution is 4.95. The molecule has 0 spiro atoms. The number of aliphatic hydroxyl groups is 1. The topological polar surface area (TPSA) is 47.9 Å². The van der Waals surface area contributed by atoms with Crippen LogP contribution in [0.4, 0.5) is 0 Å². The van der Waals surface area contributed by atoms with Gasteiger partial charge in [0.15, 0.2) is 12.1 Å². The van der Waals surface area contributed by atoms with Crippen LogP contribution in [0.25, 0.3) is 0 Å². The Morgan fingerprint density at radius 3 is 2.71 bits per heavy atom. The zero-order valence-corrected chi connectivity index (χ0v) is 8.47. The fraction of sp³-hybridized carbons (Fsp3) is 0.800. The number of aliphatic hydroxyl groups excluding tert-OH is 1. The van der Waals surface area contributed by atoms with Gasteiger partial charge in [0, 0.05) is 0 Å². The predicted molar refractivity (Wildman–Crippen MR) is 49.5 cm³/mol. The van der Waals surface area contributed by atoms with Gasteiger partial charge in [0.05, 0.1) is 6.10 Å². The third kappa shape index (κ3) is 1.59. The fourth-order valence-corrected chi connectivity index (χ4v) is 1.92. The van der Waals surface area contributed by atoms with E-state index in [1.54, 1.807) is 6.08 Å². The first-order valence-corrected chi connectivity index (χ1v) is 4.83. The summed E-state index contributed by atoms with van der Waals surface area (Å²) in [4.78, 5) is 0. The molecule has 2 heterocycles. The average Bonchev–Trinajstić information content (AvgIpc) is 2.50. The molecule has 4 atom stereocenters. The van der Waals surface area contributed by atoms with E-state index in [2.05, 4.69) is 6.58 Å². The zero-order chi connectivity index (χ0) is 10.3. The summed E-state index contributed by atoms with van der Waals surface area (Å²) < 4.78 is 16.5. The Hall–Kier alpha value is -0.420. The van der Waals surface area contributed by atoms with E-state index >= 15 is 0 Å². The summed E-state index contributed by atoms with van der Waals surface area (Å²) in [5, 5.41) is 9.84. The van der Waals surface area contributed by atoms with Crippen molar-refractivity contribution in [2.75, 3.05) is 0 Å². The Bertz CT molecular complexity index is 238. The maximum atomic E-state index is 9.84. The Morgan fingerprint density at radius 1 is 1.43 bits per heavy atom. The highest BCUT2D eigenvalue weighted by atomic mass is 16.8. The number of fused-ring (bicyclic) bond motifs is 1. The van der Waals surface area contributed by atoms with Crippen LogP contribution in [0.2, 0.25) is 0 Å². The number of ether oxygens (including phenoxy) is 3. The number of hydrogen-bond donors (Lipinski definition) is 1. The SMILES string of the molecule is C=CCC1OC2OC(C)(C)OC2C1O. The van der Waals surface area contributed by atoms with Gasteiger partial charge in [-0.3, -0.25) is 0 Å². The van der Waals surface area contributed by atoms with E-state index in [1.807, 2.05) is 13.8 Å². The molecular weight excluding hydrogens is 184 g/mol. The summed E-state index contributed by atoms with van der Waals surface area (Å²) in [5.41, 5.74) is 0. The molecule has 2 rings (SSSR count). The van der Waals surface area contributed by atoms with Gasteiger partial charge in [-0.1, -0.05) is 6.08 Å². The molecule has 0 aliphatic carbocycles. The van der Waals surface area contributed by atoms with Gasteiger partial charge in [0.2, 0.25) is 0 Å². The smallest absolute Gasteiger partial charge is 0.190 e. The van der Waals surface area contributed by atoms with Crippen LogP contribution < -0.4 is 0 Å². The molecule has 4 heteroatoms. The van der Waals surface area contributed by atoms with Gasteiger partial charge in [-0.2, -0.15) is 0 Å². The largest absolute Gasteiger partial charge is 0.387 e.